The van der Waals surface area contributed by atoms with Crippen molar-refractivity contribution < 1.29 is 19.2 Å². The van der Waals surface area contributed by atoms with Crippen molar-refractivity contribution >= 4 is 17.8 Å². The number of ether oxygens (including phenoxy) is 2. The highest BCUT2D eigenvalue weighted by molar-refractivity contribution is 5.86. The van der Waals surface area contributed by atoms with Crippen molar-refractivity contribution in [2.24, 2.45) is 5.10 Å². The van der Waals surface area contributed by atoms with Crippen LogP contribution in [0.5, 0.6) is 11.5 Å². The molecule has 8 nitrogen and oxygen atoms in total. The van der Waals surface area contributed by atoms with E-state index in [1.807, 2.05) is 54.6 Å². The summed E-state index contributed by atoms with van der Waals surface area (Å²) in [6, 6.07) is 22.6. The van der Waals surface area contributed by atoms with E-state index in [-0.39, 0.29) is 5.69 Å². The van der Waals surface area contributed by atoms with Crippen molar-refractivity contribution in [2.75, 3.05) is 0 Å². The molecule has 0 saturated carbocycles. The molecular formula is C23H21N3O5. The van der Waals surface area contributed by atoms with E-state index in [2.05, 4.69) is 10.5 Å². The van der Waals surface area contributed by atoms with Gasteiger partial charge in [-0.1, -0.05) is 42.5 Å². The maximum Gasteiger partial charge on any atom is 0.280 e. The summed E-state index contributed by atoms with van der Waals surface area (Å²) in [5.74, 6) is 0.522. The summed E-state index contributed by atoms with van der Waals surface area (Å²) in [4.78, 5) is 22.4. The topological polar surface area (TPSA) is 103 Å². The first-order chi connectivity index (χ1) is 15.0. The standard InChI is InChI=1S/C23H21N3O5/c1-17(31-21-13-11-20(12-14-21)26(28)29)23(27)25-24-15-19-9-5-6-10-22(19)30-16-18-7-3-2-4-8-18/h2-15,17H,16H2,1H3,(H,25,27)/b24-15-/t17-/m1/s1. The number of hydrogen-bond acceptors (Lipinski definition) is 6. The van der Waals surface area contributed by atoms with Gasteiger partial charge in [0.1, 0.15) is 18.1 Å². The van der Waals surface area contributed by atoms with Gasteiger partial charge in [-0.15, -0.1) is 0 Å². The van der Waals surface area contributed by atoms with Crippen LogP contribution in [0.15, 0.2) is 84.0 Å². The van der Waals surface area contributed by atoms with Gasteiger partial charge in [0.15, 0.2) is 6.10 Å². The van der Waals surface area contributed by atoms with Crippen molar-refractivity contribution in [3.05, 3.63) is 100 Å². The Morgan fingerprint density at radius 2 is 1.74 bits per heavy atom. The average molecular weight is 419 g/mol. The van der Waals surface area contributed by atoms with E-state index in [1.165, 1.54) is 30.5 Å². The third kappa shape index (κ3) is 6.40. The monoisotopic (exact) mass is 419 g/mol. The number of nitro benzene ring substituents is 1. The minimum Gasteiger partial charge on any atom is -0.488 e. The zero-order chi connectivity index (χ0) is 22.1. The van der Waals surface area contributed by atoms with Crippen LogP contribution >= 0.6 is 0 Å². The second-order valence-electron chi connectivity index (χ2n) is 6.56. The lowest BCUT2D eigenvalue weighted by Crippen LogP contribution is -2.33. The molecule has 0 aliphatic rings. The van der Waals surface area contributed by atoms with E-state index >= 15 is 0 Å². The fraction of sp³-hybridized carbons (Fsp3) is 0.130. The average Bonchev–Trinajstić information content (AvgIpc) is 2.79. The predicted octanol–water partition coefficient (Wildman–Crippen LogP) is 4.09. The van der Waals surface area contributed by atoms with Crippen LogP contribution in [0.2, 0.25) is 0 Å². The largest absolute Gasteiger partial charge is 0.488 e. The van der Waals surface area contributed by atoms with Crippen molar-refractivity contribution in [3.8, 4) is 11.5 Å². The van der Waals surface area contributed by atoms with Gasteiger partial charge in [0, 0.05) is 17.7 Å². The maximum absolute atomic E-state index is 12.2. The number of rotatable bonds is 9. The second kappa shape index (κ2) is 10.5. The van der Waals surface area contributed by atoms with Gasteiger partial charge in [0.05, 0.1) is 11.1 Å². The van der Waals surface area contributed by atoms with E-state index in [1.54, 1.807) is 6.92 Å². The Hall–Kier alpha value is -4.20. The van der Waals surface area contributed by atoms with Gasteiger partial charge in [-0.05, 0) is 36.8 Å². The number of benzene rings is 3. The molecule has 0 aliphatic carbocycles. The molecule has 1 N–H and O–H groups in total. The summed E-state index contributed by atoms with van der Waals surface area (Å²) in [6.07, 6.45) is 0.653. The molecule has 0 unspecified atom stereocenters. The molecule has 0 aromatic heterocycles. The Balaban J connectivity index is 1.54. The summed E-state index contributed by atoms with van der Waals surface area (Å²) >= 11 is 0. The smallest absolute Gasteiger partial charge is 0.280 e. The highest BCUT2D eigenvalue weighted by Gasteiger charge is 2.15. The van der Waals surface area contributed by atoms with Gasteiger partial charge in [-0.25, -0.2) is 5.43 Å². The molecule has 3 aromatic carbocycles. The van der Waals surface area contributed by atoms with Crippen LogP contribution in [0.4, 0.5) is 5.69 Å². The third-order valence-electron chi connectivity index (χ3n) is 4.26. The van der Waals surface area contributed by atoms with Gasteiger partial charge in [0.2, 0.25) is 0 Å². The minimum absolute atomic E-state index is 0.0535. The maximum atomic E-state index is 12.2. The van der Waals surface area contributed by atoms with E-state index in [9.17, 15) is 14.9 Å². The first kappa shape index (κ1) is 21.5. The van der Waals surface area contributed by atoms with E-state index < -0.39 is 16.9 Å². The summed E-state index contributed by atoms with van der Waals surface area (Å²) in [5, 5.41) is 14.7. The Bertz CT molecular complexity index is 1050. The number of non-ortho nitro benzene ring substituents is 1. The van der Waals surface area contributed by atoms with Crippen LogP contribution in [0.25, 0.3) is 0 Å². The van der Waals surface area contributed by atoms with Crippen molar-refractivity contribution in [3.63, 3.8) is 0 Å². The fourth-order valence-electron chi connectivity index (χ4n) is 2.61. The molecule has 0 spiro atoms. The van der Waals surface area contributed by atoms with Crippen LogP contribution in [0.3, 0.4) is 0 Å². The van der Waals surface area contributed by atoms with Gasteiger partial charge in [-0.3, -0.25) is 14.9 Å². The molecule has 0 radical (unpaired) electrons. The second-order valence-corrected chi connectivity index (χ2v) is 6.56. The quantitative estimate of drug-likeness (QED) is 0.320. The molecule has 8 heteroatoms. The van der Waals surface area contributed by atoms with Crippen LogP contribution in [0, 0.1) is 10.1 Å². The van der Waals surface area contributed by atoms with Crippen LogP contribution in [0.1, 0.15) is 18.1 Å². The van der Waals surface area contributed by atoms with Crippen LogP contribution in [-0.4, -0.2) is 23.1 Å². The van der Waals surface area contributed by atoms with Gasteiger partial charge in [0.25, 0.3) is 11.6 Å². The van der Waals surface area contributed by atoms with Crippen molar-refractivity contribution in [1.29, 1.82) is 0 Å². The van der Waals surface area contributed by atoms with Crippen molar-refractivity contribution in [1.82, 2.24) is 5.43 Å². The molecule has 158 valence electrons. The molecule has 0 aliphatic heterocycles. The van der Waals surface area contributed by atoms with Crippen LogP contribution < -0.4 is 14.9 Å². The number of hydrazone groups is 1. The van der Waals surface area contributed by atoms with E-state index in [0.29, 0.717) is 23.7 Å². The highest BCUT2D eigenvalue weighted by Crippen LogP contribution is 2.19. The number of nitrogens with one attached hydrogen (secondary N) is 1. The number of nitro groups is 1. The summed E-state index contributed by atoms with van der Waals surface area (Å²) in [5.41, 5.74) is 4.12. The molecule has 3 rings (SSSR count). The zero-order valence-corrected chi connectivity index (χ0v) is 16.8. The van der Waals surface area contributed by atoms with E-state index in [0.717, 1.165) is 5.56 Å². The molecule has 0 saturated heterocycles. The molecule has 3 aromatic rings. The molecular weight excluding hydrogens is 398 g/mol. The molecule has 31 heavy (non-hydrogen) atoms. The fourth-order valence-corrected chi connectivity index (χ4v) is 2.61. The van der Waals surface area contributed by atoms with E-state index in [4.69, 9.17) is 9.47 Å². The summed E-state index contributed by atoms with van der Waals surface area (Å²) < 4.78 is 11.3. The first-order valence-corrected chi connectivity index (χ1v) is 9.52. The minimum atomic E-state index is -0.844. The molecule has 1 amide bonds. The summed E-state index contributed by atoms with van der Waals surface area (Å²) in [6.45, 7) is 1.97. The first-order valence-electron chi connectivity index (χ1n) is 9.52. The molecule has 0 bridgehead atoms. The SMILES string of the molecule is C[C@@H](Oc1ccc([N+](=O)[O-])cc1)C(=O)N/N=C\c1ccccc1OCc1ccccc1. The van der Waals surface area contributed by atoms with Crippen molar-refractivity contribution in [2.45, 2.75) is 19.6 Å². The number of hydrogen-bond donors (Lipinski definition) is 1. The normalized spacial score (nSPS) is 11.6. The molecule has 0 heterocycles. The number of carbonyl (C=O) groups excluding carboxylic acids is 1. The lowest BCUT2D eigenvalue weighted by molar-refractivity contribution is -0.384. The number of nitrogens with zero attached hydrogens (tertiary/aromatic N) is 2. The molecule has 1 atom stereocenters. The Kier molecular flexibility index (Phi) is 7.31. The Labute approximate surface area is 179 Å². The zero-order valence-electron chi connectivity index (χ0n) is 16.8. The third-order valence-corrected chi connectivity index (χ3v) is 4.26. The lowest BCUT2D eigenvalue weighted by Gasteiger charge is -2.12. The number of amides is 1. The number of carbonyl (C=O) groups is 1. The van der Waals surface area contributed by atoms with Gasteiger partial charge in [-0.2, -0.15) is 5.10 Å². The van der Waals surface area contributed by atoms with Crippen LogP contribution in [-0.2, 0) is 11.4 Å². The van der Waals surface area contributed by atoms with Gasteiger partial charge >= 0.3 is 0 Å². The lowest BCUT2D eigenvalue weighted by atomic mass is 10.2. The predicted molar refractivity (Wildman–Crippen MR) is 116 cm³/mol. The Morgan fingerprint density at radius 1 is 1.06 bits per heavy atom. The summed E-state index contributed by atoms with van der Waals surface area (Å²) in [7, 11) is 0. The number of para-hydroxylation sites is 1. The highest BCUT2D eigenvalue weighted by atomic mass is 16.6. The Morgan fingerprint density at radius 3 is 2.45 bits per heavy atom. The molecule has 0 fully saturated rings. The van der Waals surface area contributed by atoms with Gasteiger partial charge < -0.3 is 9.47 Å².